The van der Waals surface area contributed by atoms with Crippen molar-refractivity contribution in [3.8, 4) is 10.6 Å². The Morgan fingerprint density at radius 3 is 2.46 bits per heavy atom. The summed E-state index contributed by atoms with van der Waals surface area (Å²) in [5.74, 6) is -0.389. The highest BCUT2D eigenvalue weighted by molar-refractivity contribution is 7.89. The monoisotopic (exact) mass is 436 g/mol. The van der Waals surface area contributed by atoms with E-state index in [0.717, 1.165) is 14.9 Å². The van der Waals surface area contributed by atoms with E-state index in [0.29, 0.717) is 11.4 Å². The molecule has 2 aromatic heterocycles. The van der Waals surface area contributed by atoms with Crippen LogP contribution in [0.25, 0.3) is 10.6 Å². The van der Waals surface area contributed by atoms with E-state index in [4.69, 9.17) is 0 Å². The number of sulfonamides is 1. The number of amides is 1. The molecule has 0 bridgehead atoms. The van der Waals surface area contributed by atoms with Gasteiger partial charge in [-0.15, -0.1) is 11.3 Å². The van der Waals surface area contributed by atoms with Crippen molar-refractivity contribution >= 4 is 50.0 Å². The highest BCUT2D eigenvalue weighted by atomic mass is 32.2. The Bertz CT molecular complexity index is 1090. The average Bonchev–Trinajstić information content (AvgIpc) is 3.32. The zero-order valence-corrected chi connectivity index (χ0v) is 18.3. The lowest BCUT2D eigenvalue weighted by atomic mass is 10.2. The van der Waals surface area contributed by atoms with Crippen molar-refractivity contribution in [2.45, 2.75) is 4.90 Å². The van der Waals surface area contributed by atoms with Crippen molar-refractivity contribution in [3.63, 3.8) is 0 Å². The minimum Gasteiger partial charge on any atom is -0.376 e. The van der Waals surface area contributed by atoms with E-state index in [9.17, 15) is 13.2 Å². The van der Waals surface area contributed by atoms with Gasteiger partial charge in [-0.25, -0.2) is 17.7 Å². The Hall–Kier alpha value is -2.27. The van der Waals surface area contributed by atoms with Crippen molar-refractivity contribution in [3.05, 3.63) is 46.1 Å². The third-order valence-corrected chi connectivity index (χ3v) is 7.37. The molecule has 0 saturated heterocycles. The first-order valence-electron chi connectivity index (χ1n) is 8.23. The summed E-state index contributed by atoms with van der Waals surface area (Å²) >= 11 is 2.96. The fourth-order valence-electron chi connectivity index (χ4n) is 2.46. The van der Waals surface area contributed by atoms with E-state index in [2.05, 4.69) is 10.3 Å². The largest absolute Gasteiger partial charge is 0.376 e. The molecular formula is C18H20N4O3S3. The van der Waals surface area contributed by atoms with Gasteiger partial charge in [0, 0.05) is 44.5 Å². The van der Waals surface area contributed by atoms with Crippen LogP contribution in [0.3, 0.4) is 0 Å². The second kappa shape index (κ2) is 8.00. The number of rotatable bonds is 6. The van der Waals surface area contributed by atoms with Gasteiger partial charge in [0.1, 0.15) is 10.7 Å². The van der Waals surface area contributed by atoms with Crippen molar-refractivity contribution in [2.24, 2.45) is 0 Å². The van der Waals surface area contributed by atoms with Crippen LogP contribution in [0.1, 0.15) is 10.5 Å². The Balaban J connectivity index is 1.93. The number of aromatic nitrogens is 1. The molecule has 10 heteroatoms. The molecule has 28 heavy (non-hydrogen) atoms. The number of nitrogens with one attached hydrogen (secondary N) is 1. The molecule has 7 nitrogen and oxygen atoms in total. The molecule has 0 spiro atoms. The Morgan fingerprint density at radius 2 is 1.86 bits per heavy atom. The normalized spacial score (nSPS) is 11.6. The Labute approximate surface area is 172 Å². The minimum atomic E-state index is -3.62. The Kier molecular flexibility index (Phi) is 5.84. The van der Waals surface area contributed by atoms with Gasteiger partial charge in [-0.05, 0) is 29.6 Å². The highest BCUT2D eigenvalue weighted by Gasteiger charge is 2.21. The van der Waals surface area contributed by atoms with E-state index in [-0.39, 0.29) is 16.5 Å². The lowest BCUT2D eigenvalue weighted by Crippen LogP contribution is -2.23. The molecular weight excluding hydrogens is 416 g/mol. The zero-order chi connectivity index (χ0) is 20.5. The summed E-state index contributed by atoms with van der Waals surface area (Å²) in [6.07, 6.45) is 0. The summed E-state index contributed by atoms with van der Waals surface area (Å²) in [5, 5.41) is 9.19. The molecule has 0 fully saturated rings. The molecule has 0 aliphatic carbocycles. The molecule has 0 saturated carbocycles. The number of thiazole rings is 1. The maximum atomic E-state index is 12.7. The van der Waals surface area contributed by atoms with Crippen LogP contribution in [0.4, 0.5) is 11.4 Å². The van der Waals surface area contributed by atoms with E-state index in [1.165, 1.54) is 37.6 Å². The van der Waals surface area contributed by atoms with Gasteiger partial charge in [-0.1, -0.05) is 0 Å². The molecule has 3 rings (SSSR count). The summed E-state index contributed by atoms with van der Waals surface area (Å²) in [6.45, 7) is 0. The van der Waals surface area contributed by atoms with Crippen LogP contribution in [0.2, 0.25) is 0 Å². The van der Waals surface area contributed by atoms with Gasteiger partial charge in [-0.2, -0.15) is 11.3 Å². The molecule has 1 aromatic carbocycles. The van der Waals surface area contributed by atoms with E-state index < -0.39 is 10.0 Å². The number of anilines is 2. The Morgan fingerprint density at radius 1 is 1.11 bits per heavy atom. The number of carbonyl (C=O) groups excluding carboxylic acids is 1. The second-order valence-corrected chi connectivity index (χ2v) is 10.2. The maximum absolute atomic E-state index is 12.7. The number of benzene rings is 1. The lowest BCUT2D eigenvalue weighted by molar-refractivity contribution is 0.102. The van der Waals surface area contributed by atoms with Crippen LogP contribution < -0.4 is 10.2 Å². The number of hydrogen-bond donors (Lipinski definition) is 1. The second-order valence-electron chi connectivity index (χ2n) is 6.36. The number of hydrogen-bond acceptors (Lipinski definition) is 7. The molecule has 0 unspecified atom stereocenters. The fourth-order valence-corrected chi connectivity index (χ4v) is 4.90. The van der Waals surface area contributed by atoms with Crippen molar-refractivity contribution in [1.82, 2.24) is 9.29 Å². The van der Waals surface area contributed by atoms with Crippen LogP contribution in [0.15, 0.2) is 45.3 Å². The molecule has 3 aromatic rings. The quantitative estimate of drug-likeness (QED) is 0.640. The summed E-state index contributed by atoms with van der Waals surface area (Å²) in [7, 11) is 2.96. The average molecular weight is 437 g/mol. The van der Waals surface area contributed by atoms with Crippen LogP contribution >= 0.6 is 22.7 Å². The topological polar surface area (TPSA) is 82.6 Å². The predicted molar refractivity (Wildman–Crippen MR) is 115 cm³/mol. The standard InChI is InChI=1S/C18H20N4O3S3/c1-21(2)16-6-5-13(28(24,25)22(3)4)9-14(16)19-17(23)15-11-27-18(20-15)12-7-8-26-10-12/h5-11H,1-4H3,(H,19,23). The molecule has 1 N–H and O–H groups in total. The molecule has 1 amide bonds. The molecule has 0 aliphatic rings. The van der Waals surface area contributed by atoms with Gasteiger partial charge in [-0.3, -0.25) is 4.79 Å². The summed E-state index contributed by atoms with van der Waals surface area (Å²) in [5.41, 5.74) is 2.36. The van der Waals surface area contributed by atoms with Gasteiger partial charge in [0.15, 0.2) is 0 Å². The summed E-state index contributed by atoms with van der Waals surface area (Å²) in [6, 6.07) is 6.61. The van der Waals surface area contributed by atoms with Crippen molar-refractivity contribution < 1.29 is 13.2 Å². The third kappa shape index (κ3) is 4.09. The van der Waals surface area contributed by atoms with Crippen LogP contribution in [0.5, 0.6) is 0 Å². The van der Waals surface area contributed by atoms with E-state index >= 15 is 0 Å². The number of thiophene rings is 1. The van der Waals surface area contributed by atoms with E-state index in [1.807, 2.05) is 30.9 Å². The first-order chi connectivity index (χ1) is 13.2. The van der Waals surface area contributed by atoms with Crippen LogP contribution in [0, 0.1) is 0 Å². The predicted octanol–water partition coefficient (Wildman–Crippen LogP) is 3.44. The van der Waals surface area contributed by atoms with Crippen LogP contribution in [-0.2, 0) is 10.0 Å². The molecule has 148 valence electrons. The first-order valence-corrected chi connectivity index (χ1v) is 11.5. The van der Waals surface area contributed by atoms with Gasteiger partial charge in [0.2, 0.25) is 10.0 Å². The summed E-state index contributed by atoms with van der Waals surface area (Å²) in [4.78, 5) is 19.0. The SMILES string of the molecule is CN(C)c1ccc(S(=O)(=O)N(C)C)cc1NC(=O)c1csc(-c2ccsc2)n1. The van der Waals surface area contributed by atoms with Crippen LogP contribution in [-0.4, -0.2) is 51.8 Å². The summed E-state index contributed by atoms with van der Waals surface area (Å²) < 4.78 is 26.0. The van der Waals surface area contributed by atoms with E-state index in [1.54, 1.807) is 27.7 Å². The van der Waals surface area contributed by atoms with Gasteiger partial charge >= 0.3 is 0 Å². The van der Waals surface area contributed by atoms with Gasteiger partial charge in [0.25, 0.3) is 5.91 Å². The van der Waals surface area contributed by atoms with Crippen molar-refractivity contribution in [1.29, 1.82) is 0 Å². The number of carbonyl (C=O) groups is 1. The van der Waals surface area contributed by atoms with Gasteiger partial charge in [0.05, 0.1) is 16.3 Å². The highest BCUT2D eigenvalue weighted by Crippen LogP contribution is 2.30. The third-order valence-electron chi connectivity index (χ3n) is 3.98. The zero-order valence-electron chi connectivity index (χ0n) is 15.8. The first kappa shape index (κ1) is 20.5. The van der Waals surface area contributed by atoms with Crippen molar-refractivity contribution in [2.75, 3.05) is 38.4 Å². The smallest absolute Gasteiger partial charge is 0.275 e. The fraction of sp³-hybridized carbons (Fsp3) is 0.222. The lowest BCUT2D eigenvalue weighted by Gasteiger charge is -2.20. The minimum absolute atomic E-state index is 0.107. The molecule has 0 aliphatic heterocycles. The molecule has 0 atom stereocenters. The number of nitrogens with zero attached hydrogens (tertiary/aromatic N) is 3. The maximum Gasteiger partial charge on any atom is 0.275 e. The van der Waals surface area contributed by atoms with Gasteiger partial charge < -0.3 is 10.2 Å². The molecule has 2 heterocycles. The molecule has 0 radical (unpaired) electrons.